The largest absolute Gasteiger partial charge is 0.461 e. The van der Waals surface area contributed by atoms with Crippen LogP contribution in [0.15, 0.2) is 120 Å². The van der Waals surface area contributed by atoms with Crippen LogP contribution in [-0.2, 0) is 18.9 Å². The number of carbonyl (C=O) groups is 3. The number of ether oxygens (including phenoxy) is 5. The molecule has 0 amide bonds. The van der Waals surface area contributed by atoms with Crippen LogP contribution in [0.1, 0.15) is 36.6 Å². The standard InChI is InChI=1S/C33H27NO9/c35-30(23-10-4-1-5-11-23)41-27-21-39-33(40-26-18-16-22(17-19-26)20-34-38)29(43-32(37)25-14-8-3-9-15-25)28(27)42-31(36)24-12-6-2-7-13-24/h1-20,27-29,33,38H,21H2/b34-20+/t27-,28-,29-,33+/m1/s1. The van der Waals surface area contributed by atoms with E-state index in [0.717, 1.165) is 0 Å². The van der Waals surface area contributed by atoms with Crippen molar-refractivity contribution in [3.05, 3.63) is 138 Å². The second kappa shape index (κ2) is 13.9. The molecule has 0 saturated carbocycles. The van der Waals surface area contributed by atoms with Crippen molar-refractivity contribution in [1.82, 2.24) is 0 Å². The van der Waals surface area contributed by atoms with E-state index in [0.29, 0.717) is 11.3 Å². The number of hydrogen-bond acceptors (Lipinski definition) is 10. The summed E-state index contributed by atoms with van der Waals surface area (Å²) in [5, 5.41) is 11.8. The molecule has 1 aliphatic heterocycles. The maximum absolute atomic E-state index is 13.3. The molecular formula is C33H27NO9. The number of nitrogens with zero attached hydrogens (tertiary/aromatic N) is 1. The van der Waals surface area contributed by atoms with Crippen LogP contribution in [0.2, 0.25) is 0 Å². The first-order chi connectivity index (χ1) is 21.0. The Labute approximate surface area is 247 Å². The number of esters is 3. The maximum Gasteiger partial charge on any atom is 0.338 e. The topological polar surface area (TPSA) is 130 Å². The number of carbonyl (C=O) groups excluding carboxylic acids is 3. The van der Waals surface area contributed by atoms with Crippen molar-refractivity contribution in [2.75, 3.05) is 6.61 Å². The van der Waals surface area contributed by atoms with E-state index >= 15 is 0 Å². The SMILES string of the molecule is O=C(O[C@H]1[C@H](Oc2ccc(/C=N/O)cc2)OC[C@@H](OC(=O)c2ccccc2)[C@H]1OC(=O)c1ccccc1)c1ccccc1. The van der Waals surface area contributed by atoms with Gasteiger partial charge in [-0.3, -0.25) is 0 Å². The molecule has 0 aromatic heterocycles. The third-order valence-electron chi connectivity index (χ3n) is 6.50. The van der Waals surface area contributed by atoms with E-state index < -0.39 is 42.5 Å². The van der Waals surface area contributed by atoms with Crippen molar-refractivity contribution >= 4 is 24.1 Å². The molecule has 0 radical (unpaired) electrons. The first kappa shape index (κ1) is 29.0. The van der Waals surface area contributed by atoms with Gasteiger partial charge in [-0.25, -0.2) is 14.4 Å². The van der Waals surface area contributed by atoms with Gasteiger partial charge in [-0.05, 0) is 66.2 Å². The van der Waals surface area contributed by atoms with Crippen molar-refractivity contribution in [2.45, 2.75) is 24.6 Å². The predicted molar refractivity (Wildman–Crippen MR) is 153 cm³/mol. The van der Waals surface area contributed by atoms with E-state index in [1.807, 2.05) is 0 Å². The van der Waals surface area contributed by atoms with Gasteiger partial charge in [0.15, 0.2) is 12.2 Å². The minimum atomic E-state index is -1.36. The highest BCUT2D eigenvalue weighted by Crippen LogP contribution is 2.29. The molecule has 1 fully saturated rings. The molecule has 0 bridgehead atoms. The fourth-order valence-corrected chi connectivity index (χ4v) is 4.36. The second-order valence-corrected chi connectivity index (χ2v) is 9.41. The lowest BCUT2D eigenvalue weighted by Gasteiger charge is -2.40. The molecule has 4 atom stereocenters. The summed E-state index contributed by atoms with van der Waals surface area (Å²) in [6.45, 7) is -0.232. The van der Waals surface area contributed by atoms with Gasteiger partial charge >= 0.3 is 17.9 Å². The Balaban J connectivity index is 1.48. The number of benzene rings is 4. The van der Waals surface area contributed by atoms with E-state index in [1.54, 1.807) is 115 Å². The molecule has 4 aromatic rings. The van der Waals surface area contributed by atoms with Gasteiger partial charge in [-0.15, -0.1) is 0 Å². The fourth-order valence-electron chi connectivity index (χ4n) is 4.36. The summed E-state index contributed by atoms with van der Waals surface area (Å²) >= 11 is 0. The van der Waals surface area contributed by atoms with Gasteiger partial charge in [0.2, 0.25) is 12.4 Å². The summed E-state index contributed by atoms with van der Waals surface area (Å²) in [6, 6.07) is 31.3. The molecule has 0 spiro atoms. The Morgan fingerprint density at radius 3 is 1.60 bits per heavy atom. The first-order valence-electron chi connectivity index (χ1n) is 13.4. The molecule has 5 rings (SSSR count). The van der Waals surface area contributed by atoms with Crippen molar-refractivity contribution in [2.24, 2.45) is 5.16 Å². The molecule has 0 unspecified atom stereocenters. The zero-order valence-electron chi connectivity index (χ0n) is 22.7. The summed E-state index contributed by atoms with van der Waals surface area (Å²) < 4.78 is 29.5. The van der Waals surface area contributed by atoms with Gasteiger partial charge in [0.25, 0.3) is 0 Å². The zero-order valence-corrected chi connectivity index (χ0v) is 22.7. The average Bonchev–Trinajstić information content (AvgIpc) is 3.05. The van der Waals surface area contributed by atoms with Gasteiger partial charge in [0.1, 0.15) is 5.75 Å². The van der Waals surface area contributed by atoms with E-state index in [2.05, 4.69) is 5.16 Å². The van der Waals surface area contributed by atoms with Gasteiger partial charge in [0, 0.05) is 0 Å². The lowest BCUT2D eigenvalue weighted by Crippen LogP contribution is -2.59. The minimum absolute atomic E-state index is 0.232. The molecular weight excluding hydrogens is 554 g/mol. The zero-order chi connectivity index (χ0) is 30.0. The van der Waals surface area contributed by atoms with Crippen molar-refractivity contribution in [1.29, 1.82) is 0 Å². The monoisotopic (exact) mass is 581 g/mol. The molecule has 43 heavy (non-hydrogen) atoms. The molecule has 218 valence electrons. The second-order valence-electron chi connectivity index (χ2n) is 9.41. The lowest BCUT2D eigenvalue weighted by molar-refractivity contribution is -0.241. The van der Waals surface area contributed by atoms with Crippen LogP contribution in [0.4, 0.5) is 0 Å². The summed E-state index contributed by atoms with van der Waals surface area (Å²) in [6.07, 6.45) is -3.84. The van der Waals surface area contributed by atoms with Crippen LogP contribution in [0, 0.1) is 0 Å². The molecule has 1 N–H and O–H groups in total. The van der Waals surface area contributed by atoms with Gasteiger partial charge in [-0.2, -0.15) is 0 Å². The average molecular weight is 582 g/mol. The van der Waals surface area contributed by atoms with Crippen LogP contribution in [0.25, 0.3) is 0 Å². The van der Waals surface area contributed by atoms with Gasteiger partial charge < -0.3 is 28.9 Å². The predicted octanol–water partition coefficient (Wildman–Crippen LogP) is 4.91. The van der Waals surface area contributed by atoms with Crippen molar-refractivity contribution in [3.8, 4) is 5.75 Å². The van der Waals surface area contributed by atoms with Crippen molar-refractivity contribution in [3.63, 3.8) is 0 Å². The summed E-state index contributed by atoms with van der Waals surface area (Å²) in [4.78, 5) is 39.6. The Hall–Kier alpha value is -5.48. The third-order valence-corrected chi connectivity index (χ3v) is 6.50. The third kappa shape index (κ3) is 7.43. The number of oxime groups is 1. The Kier molecular flexibility index (Phi) is 9.40. The van der Waals surface area contributed by atoms with Crippen LogP contribution in [-0.4, -0.2) is 60.5 Å². The highest BCUT2D eigenvalue weighted by Gasteiger charge is 2.49. The molecule has 10 nitrogen and oxygen atoms in total. The maximum atomic E-state index is 13.3. The van der Waals surface area contributed by atoms with Crippen LogP contribution < -0.4 is 4.74 Å². The highest BCUT2D eigenvalue weighted by atomic mass is 16.7. The van der Waals surface area contributed by atoms with Gasteiger partial charge in [-0.1, -0.05) is 59.8 Å². The van der Waals surface area contributed by atoms with E-state index in [9.17, 15) is 14.4 Å². The quantitative estimate of drug-likeness (QED) is 0.0964. The van der Waals surface area contributed by atoms with E-state index in [1.165, 1.54) is 6.21 Å². The summed E-state index contributed by atoms with van der Waals surface area (Å²) in [5.74, 6) is -1.80. The molecule has 4 aromatic carbocycles. The van der Waals surface area contributed by atoms with E-state index in [-0.39, 0.29) is 23.3 Å². The Morgan fingerprint density at radius 2 is 1.12 bits per heavy atom. The van der Waals surface area contributed by atoms with Crippen molar-refractivity contribution < 1.29 is 43.3 Å². The smallest absolute Gasteiger partial charge is 0.338 e. The van der Waals surface area contributed by atoms with Crippen LogP contribution >= 0.6 is 0 Å². The van der Waals surface area contributed by atoms with Crippen LogP contribution in [0.5, 0.6) is 5.75 Å². The van der Waals surface area contributed by atoms with E-state index in [4.69, 9.17) is 28.9 Å². The number of hydrogen-bond donors (Lipinski definition) is 1. The normalized spacial score (nSPS) is 19.7. The molecule has 1 aliphatic rings. The Morgan fingerprint density at radius 1 is 0.651 bits per heavy atom. The molecule has 1 saturated heterocycles. The molecule has 1 heterocycles. The summed E-state index contributed by atoms with van der Waals surface area (Å²) in [7, 11) is 0. The summed E-state index contributed by atoms with van der Waals surface area (Å²) in [5.41, 5.74) is 1.37. The van der Waals surface area contributed by atoms with Crippen LogP contribution in [0.3, 0.4) is 0 Å². The first-order valence-corrected chi connectivity index (χ1v) is 13.4. The fraction of sp³-hybridized carbons (Fsp3) is 0.152. The van der Waals surface area contributed by atoms with Gasteiger partial charge in [0.05, 0.1) is 29.5 Å². The minimum Gasteiger partial charge on any atom is -0.461 e. The lowest BCUT2D eigenvalue weighted by atomic mass is 10.0. The number of rotatable bonds is 9. The Bertz CT molecular complexity index is 1540. The molecule has 10 heteroatoms. The highest BCUT2D eigenvalue weighted by molar-refractivity contribution is 5.91. The molecule has 0 aliphatic carbocycles.